The van der Waals surface area contributed by atoms with Crippen LogP contribution in [0, 0.1) is 5.82 Å². The smallest absolute Gasteiger partial charge is 0.178 e. The van der Waals surface area contributed by atoms with Crippen molar-refractivity contribution in [2.45, 2.75) is 0 Å². The van der Waals surface area contributed by atoms with Crippen LogP contribution in [0.3, 0.4) is 0 Å². The number of halogens is 1. The topological polar surface area (TPSA) is 111 Å². The Morgan fingerprint density at radius 1 is 0.946 bits per heavy atom. The van der Waals surface area contributed by atoms with E-state index in [0.29, 0.717) is 40.4 Å². The molecule has 0 amide bonds. The van der Waals surface area contributed by atoms with Gasteiger partial charge in [0.2, 0.25) is 0 Å². The first-order valence-corrected chi connectivity index (χ1v) is 11.9. The van der Waals surface area contributed by atoms with Gasteiger partial charge in [0.15, 0.2) is 17.2 Å². The number of pyridine rings is 3. The molecule has 1 aromatic carbocycles. The molecule has 0 spiro atoms. The summed E-state index contributed by atoms with van der Waals surface area (Å²) in [5.74, 6) is 0.201. The molecule has 0 bridgehead atoms. The van der Waals surface area contributed by atoms with Crippen LogP contribution in [0.25, 0.3) is 56.2 Å². The number of aromatic nitrogens is 7. The number of benzene rings is 1. The fraction of sp³-hybridized carbons (Fsp3) is 0.148. The van der Waals surface area contributed by atoms with Crippen molar-refractivity contribution in [2.75, 3.05) is 32.5 Å². The minimum absolute atomic E-state index is 0.320. The maximum atomic E-state index is 14.6. The van der Waals surface area contributed by atoms with E-state index in [4.69, 9.17) is 4.98 Å². The van der Waals surface area contributed by atoms with E-state index in [1.165, 1.54) is 12.1 Å². The maximum absolute atomic E-state index is 14.6. The van der Waals surface area contributed by atoms with Gasteiger partial charge in [0, 0.05) is 36.7 Å². The van der Waals surface area contributed by atoms with Crippen molar-refractivity contribution >= 4 is 27.9 Å². The average Bonchev–Trinajstić information content (AvgIpc) is 3.52. The highest BCUT2D eigenvalue weighted by Gasteiger charge is 2.18. The SMILES string of the molecule is CN(C)CCNc1cc(F)cc(-c2ccnc3nc(-c4n[nH]c5ccc(-c6ccccn6)nc45)[nH]c23)c1. The molecule has 9 nitrogen and oxygen atoms in total. The van der Waals surface area contributed by atoms with Gasteiger partial charge >= 0.3 is 0 Å². The first-order valence-electron chi connectivity index (χ1n) is 11.9. The Morgan fingerprint density at radius 2 is 1.86 bits per heavy atom. The Hall–Kier alpha value is -4.70. The summed E-state index contributed by atoms with van der Waals surface area (Å²) in [6.07, 6.45) is 3.41. The molecule has 6 rings (SSSR count). The lowest BCUT2D eigenvalue weighted by Crippen LogP contribution is -2.20. The molecular weight excluding hydrogens is 469 g/mol. The highest BCUT2D eigenvalue weighted by molar-refractivity contribution is 5.95. The molecule has 0 aliphatic heterocycles. The Balaban J connectivity index is 1.41. The highest BCUT2D eigenvalue weighted by atomic mass is 19.1. The fourth-order valence-electron chi connectivity index (χ4n) is 4.26. The largest absolute Gasteiger partial charge is 0.384 e. The normalized spacial score (nSPS) is 11.6. The van der Waals surface area contributed by atoms with Gasteiger partial charge in [0.1, 0.15) is 11.3 Å². The minimum Gasteiger partial charge on any atom is -0.384 e. The summed E-state index contributed by atoms with van der Waals surface area (Å²) in [5, 5.41) is 10.8. The van der Waals surface area contributed by atoms with E-state index in [1.54, 1.807) is 12.4 Å². The molecule has 3 N–H and O–H groups in total. The van der Waals surface area contributed by atoms with Crippen LogP contribution in [0.1, 0.15) is 0 Å². The molecule has 10 heteroatoms. The summed E-state index contributed by atoms with van der Waals surface area (Å²) in [6.45, 7) is 1.54. The Kier molecular flexibility index (Phi) is 5.78. The summed E-state index contributed by atoms with van der Waals surface area (Å²) in [4.78, 5) is 23.7. The highest BCUT2D eigenvalue weighted by Crippen LogP contribution is 2.32. The van der Waals surface area contributed by atoms with Crippen LogP contribution in [0.2, 0.25) is 0 Å². The quantitative estimate of drug-likeness (QED) is 0.295. The second-order valence-corrected chi connectivity index (χ2v) is 8.98. The van der Waals surface area contributed by atoms with Crippen LogP contribution < -0.4 is 5.32 Å². The monoisotopic (exact) mass is 493 g/mol. The van der Waals surface area contributed by atoms with E-state index in [1.807, 2.05) is 56.6 Å². The van der Waals surface area contributed by atoms with Gasteiger partial charge in [-0.15, -0.1) is 0 Å². The van der Waals surface area contributed by atoms with Crippen molar-refractivity contribution in [3.05, 3.63) is 72.8 Å². The van der Waals surface area contributed by atoms with Gasteiger partial charge in [-0.25, -0.2) is 19.3 Å². The second kappa shape index (κ2) is 9.40. The number of nitrogens with one attached hydrogen (secondary N) is 3. The molecule has 0 aliphatic carbocycles. The van der Waals surface area contributed by atoms with E-state index < -0.39 is 0 Å². The van der Waals surface area contributed by atoms with Crippen LogP contribution in [0.15, 0.2) is 67.0 Å². The Morgan fingerprint density at radius 3 is 2.70 bits per heavy atom. The second-order valence-electron chi connectivity index (χ2n) is 8.98. The Bertz CT molecular complexity index is 1710. The summed E-state index contributed by atoms with van der Waals surface area (Å²) in [6, 6.07) is 16.3. The number of imidazole rings is 1. The summed E-state index contributed by atoms with van der Waals surface area (Å²) < 4.78 is 14.6. The fourth-order valence-corrected chi connectivity index (χ4v) is 4.26. The number of fused-ring (bicyclic) bond motifs is 2. The lowest BCUT2D eigenvalue weighted by Gasteiger charge is -2.13. The number of nitrogens with zero attached hydrogens (tertiary/aromatic N) is 6. The van der Waals surface area contributed by atoms with Gasteiger partial charge < -0.3 is 15.2 Å². The minimum atomic E-state index is -0.320. The molecule has 0 saturated heterocycles. The lowest BCUT2D eigenvalue weighted by molar-refractivity contribution is 0.425. The van der Waals surface area contributed by atoms with Crippen molar-refractivity contribution in [1.29, 1.82) is 0 Å². The van der Waals surface area contributed by atoms with Crippen LogP contribution >= 0.6 is 0 Å². The zero-order valence-corrected chi connectivity index (χ0v) is 20.3. The molecule has 5 heterocycles. The third-order valence-electron chi connectivity index (χ3n) is 6.05. The predicted octanol–water partition coefficient (Wildman–Crippen LogP) is 4.74. The maximum Gasteiger partial charge on any atom is 0.178 e. The van der Waals surface area contributed by atoms with Gasteiger partial charge in [-0.3, -0.25) is 10.1 Å². The lowest BCUT2D eigenvalue weighted by atomic mass is 10.0. The van der Waals surface area contributed by atoms with E-state index >= 15 is 0 Å². The third kappa shape index (κ3) is 4.50. The number of H-pyrrole nitrogens is 2. The number of rotatable bonds is 7. The van der Waals surface area contributed by atoms with E-state index in [9.17, 15) is 4.39 Å². The molecule has 0 fully saturated rings. The molecule has 0 radical (unpaired) electrons. The Labute approximate surface area is 211 Å². The predicted molar refractivity (Wildman–Crippen MR) is 142 cm³/mol. The van der Waals surface area contributed by atoms with Crippen molar-refractivity contribution in [3.8, 4) is 34.0 Å². The molecule has 0 saturated carbocycles. The molecule has 5 aromatic heterocycles. The first kappa shape index (κ1) is 22.7. The number of hydrogen-bond acceptors (Lipinski definition) is 7. The van der Waals surface area contributed by atoms with Crippen LogP contribution in [-0.4, -0.2) is 67.2 Å². The standard InChI is InChI=1S/C27H24FN9/c1-37(2)12-11-29-18-14-16(13-17(28)15-18)19-8-10-31-26-23(19)33-27(34-26)25-24-22(35-36-25)7-6-21(32-24)20-5-3-4-9-30-20/h3-10,13-15,29H,11-12H2,1-2H3,(H,35,36)(H,31,33,34). The van der Waals surface area contributed by atoms with Gasteiger partial charge in [0.25, 0.3) is 0 Å². The van der Waals surface area contributed by atoms with E-state index in [0.717, 1.165) is 34.6 Å². The van der Waals surface area contributed by atoms with Crippen molar-refractivity contribution < 1.29 is 4.39 Å². The summed E-state index contributed by atoms with van der Waals surface area (Å²) >= 11 is 0. The van der Waals surface area contributed by atoms with E-state index in [2.05, 4.69) is 40.3 Å². The van der Waals surface area contributed by atoms with Crippen LogP contribution in [0.5, 0.6) is 0 Å². The molecule has 0 unspecified atom stereocenters. The zero-order valence-electron chi connectivity index (χ0n) is 20.3. The molecule has 184 valence electrons. The number of likely N-dealkylation sites (N-methyl/N-ethyl adjacent to an activating group) is 1. The van der Waals surface area contributed by atoms with Gasteiger partial charge in [-0.1, -0.05) is 6.07 Å². The zero-order chi connectivity index (χ0) is 25.4. The average molecular weight is 494 g/mol. The number of anilines is 1. The molecule has 6 aromatic rings. The van der Waals surface area contributed by atoms with Crippen LogP contribution in [0.4, 0.5) is 10.1 Å². The van der Waals surface area contributed by atoms with Crippen molar-refractivity contribution in [3.63, 3.8) is 0 Å². The van der Waals surface area contributed by atoms with Gasteiger partial charge in [-0.05, 0) is 68.2 Å². The third-order valence-corrected chi connectivity index (χ3v) is 6.05. The summed E-state index contributed by atoms with van der Waals surface area (Å²) in [5.41, 5.74) is 6.96. The van der Waals surface area contributed by atoms with Gasteiger partial charge in [0.05, 0.1) is 22.4 Å². The molecule has 0 aliphatic rings. The van der Waals surface area contributed by atoms with Crippen molar-refractivity contribution in [1.82, 2.24) is 40.0 Å². The number of aromatic amines is 2. The molecule has 0 atom stereocenters. The summed E-state index contributed by atoms with van der Waals surface area (Å²) in [7, 11) is 4.00. The van der Waals surface area contributed by atoms with E-state index in [-0.39, 0.29) is 5.82 Å². The first-order chi connectivity index (χ1) is 18.0. The number of hydrogen-bond donors (Lipinski definition) is 3. The molecular formula is C27H24FN9. The van der Waals surface area contributed by atoms with Crippen LogP contribution in [-0.2, 0) is 0 Å². The molecule has 37 heavy (non-hydrogen) atoms. The van der Waals surface area contributed by atoms with Crippen molar-refractivity contribution in [2.24, 2.45) is 0 Å². The van der Waals surface area contributed by atoms with Gasteiger partial charge in [-0.2, -0.15) is 5.10 Å².